The fourth-order valence-corrected chi connectivity index (χ4v) is 3.59. The molecule has 2 heteroatoms. The van der Waals surface area contributed by atoms with Gasteiger partial charge in [0.2, 0.25) is 0 Å². The molecule has 110 valence electrons. The van der Waals surface area contributed by atoms with Crippen molar-refractivity contribution >= 4 is 11.0 Å². The average Bonchev–Trinajstić information content (AvgIpc) is 2.62. The van der Waals surface area contributed by atoms with Crippen molar-refractivity contribution in [3.8, 4) is 11.3 Å². The summed E-state index contributed by atoms with van der Waals surface area (Å²) in [5.41, 5.74) is 5.64. The van der Waals surface area contributed by atoms with Gasteiger partial charge in [-0.1, -0.05) is 55.7 Å². The van der Waals surface area contributed by atoms with Crippen LogP contribution in [0.3, 0.4) is 0 Å². The molecule has 0 bridgehead atoms. The highest BCUT2D eigenvalue weighted by Crippen LogP contribution is 2.37. The lowest BCUT2D eigenvalue weighted by molar-refractivity contribution is 0.444. The Morgan fingerprint density at radius 1 is 0.773 bits per heavy atom. The van der Waals surface area contributed by atoms with Crippen LogP contribution < -0.4 is 0 Å². The molecule has 3 aromatic rings. The fourth-order valence-electron chi connectivity index (χ4n) is 3.59. The van der Waals surface area contributed by atoms with Crippen LogP contribution in [0.25, 0.3) is 22.3 Å². The number of aromatic nitrogens is 2. The number of nitrogens with zero attached hydrogens (tertiary/aromatic N) is 2. The number of para-hydroxylation sites is 2. The van der Waals surface area contributed by atoms with Crippen molar-refractivity contribution in [1.29, 1.82) is 0 Å². The van der Waals surface area contributed by atoms with E-state index in [2.05, 4.69) is 29.2 Å². The Kier molecular flexibility index (Phi) is 3.59. The summed E-state index contributed by atoms with van der Waals surface area (Å²) >= 11 is 0. The Morgan fingerprint density at radius 2 is 1.50 bits per heavy atom. The van der Waals surface area contributed by atoms with Crippen molar-refractivity contribution in [2.24, 2.45) is 0 Å². The highest BCUT2D eigenvalue weighted by atomic mass is 14.8. The number of rotatable bonds is 2. The van der Waals surface area contributed by atoms with E-state index in [9.17, 15) is 0 Å². The summed E-state index contributed by atoms with van der Waals surface area (Å²) in [5, 5.41) is 0. The van der Waals surface area contributed by atoms with Crippen LogP contribution in [0.1, 0.15) is 43.6 Å². The van der Waals surface area contributed by atoms with E-state index in [1.54, 1.807) is 0 Å². The molecule has 0 amide bonds. The molecule has 2 aromatic carbocycles. The van der Waals surface area contributed by atoms with Gasteiger partial charge >= 0.3 is 0 Å². The lowest BCUT2D eigenvalue weighted by Crippen LogP contribution is -2.06. The first-order chi connectivity index (χ1) is 10.9. The molecule has 0 spiro atoms. The second kappa shape index (κ2) is 5.88. The fraction of sp³-hybridized carbons (Fsp3) is 0.300. The third kappa shape index (κ3) is 2.50. The highest BCUT2D eigenvalue weighted by molar-refractivity contribution is 5.77. The number of fused-ring (bicyclic) bond motifs is 1. The Hall–Kier alpha value is -2.22. The second-order valence-electron chi connectivity index (χ2n) is 6.17. The largest absolute Gasteiger partial charge is 0.252 e. The van der Waals surface area contributed by atoms with E-state index in [0.717, 1.165) is 16.7 Å². The molecule has 4 rings (SSSR count). The number of hydrogen-bond donors (Lipinski definition) is 0. The first kappa shape index (κ1) is 13.4. The first-order valence-electron chi connectivity index (χ1n) is 8.23. The normalized spacial score (nSPS) is 16.0. The summed E-state index contributed by atoms with van der Waals surface area (Å²) < 4.78 is 0. The minimum absolute atomic E-state index is 0.679. The minimum Gasteiger partial charge on any atom is -0.252 e. The van der Waals surface area contributed by atoms with Crippen LogP contribution in [-0.4, -0.2) is 9.97 Å². The van der Waals surface area contributed by atoms with E-state index < -0.39 is 0 Å². The van der Waals surface area contributed by atoms with Gasteiger partial charge in [-0.25, -0.2) is 4.98 Å². The van der Waals surface area contributed by atoms with Crippen LogP contribution in [0.4, 0.5) is 0 Å². The predicted octanol–water partition coefficient (Wildman–Crippen LogP) is 5.34. The maximum Gasteiger partial charge on any atom is 0.0895 e. The standard InChI is InChI=1S/C20H20N2/c1-2-8-15(9-3-1)16-10-4-5-11-17(16)20-14-21-18-12-6-7-13-19(18)22-20/h4-7,10-15H,1-3,8-9H2. The van der Waals surface area contributed by atoms with Crippen LogP contribution in [0.2, 0.25) is 0 Å². The molecular weight excluding hydrogens is 268 g/mol. The molecule has 0 saturated heterocycles. The van der Waals surface area contributed by atoms with Gasteiger partial charge in [0.1, 0.15) is 0 Å². The van der Waals surface area contributed by atoms with E-state index in [4.69, 9.17) is 4.98 Å². The van der Waals surface area contributed by atoms with Gasteiger partial charge in [0.15, 0.2) is 0 Å². The SMILES string of the molecule is c1ccc(C2CCCCC2)c(-c2cnc3ccccc3n2)c1. The molecule has 1 aliphatic carbocycles. The van der Waals surface area contributed by atoms with Crippen molar-refractivity contribution in [2.45, 2.75) is 38.0 Å². The molecule has 1 heterocycles. The van der Waals surface area contributed by atoms with E-state index in [1.807, 2.05) is 30.5 Å². The van der Waals surface area contributed by atoms with Gasteiger partial charge in [-0.3, -0.25) is 4.98 Å². The van der Waals surface area contributed by atoms with Crippen LogP contribution in [0.15, 0.2) is 54.7 Å². The van der Waals surface area contributed by atoms with E-state index >= 15 is 0 Å². The molecule has 0 aliphatic heterocycles. The average molecular weight is 288 g/mol. The Bertz CT molecular complexity index is 788. The van der Waals surface area contributed by atoms with Gasteiger partial charge in [-0.05, 0) is 36.5 Å². The summed E-state index contributed by atoms with van der Waals surface area (Å²) in [7, 11) is 0. The van der Waals surface area contributed by atoms with Crippen molar-refractivity contribution in [2.75, 3.05) is 0 Å². The van der Waals surface area contributed by atoms with Gasteiger partial charge < -0.3 is 0 Å². The van der Waals surface area contributed by atoms with Crippen molar-refractivity contribution in [3.05, 3.63) is 60.3 Å². The van der Waals surface area contributed by atoms with Crippen LogP contribution >= 0.6 is 0 Å². The third-order valence-electron chi connectivity index (χ3n) is 4.73. The summed E-state index contributed by atoms with van der Waals surface area (Å²) in [6, 6.07) is 16.8. The Balaban J connectivity index is 1.80. The van der Waals surface area contributed by atoms with Crippen molar-refractivity contribution < 1.29 is 0 Å². The molecule has 1 fully saturated rings. The molecular formula is C20H20N2. The Labute approximate surface area is 131 Å². The van der Waals surface area contributed by atoms with Gasteiger partial charge in [-0.15, -0.1) is 0 Å². The third-order valence-corrected chi connectivity index (χ3v) is 4.73. The predicted molar refractivity (Wildman–Crippen MR) is 90.8 cm³/mol. The molecule has 2 nitrogen and oxygen atoms in total. The molecule has 1 aromatic heterocycles. The molecule has 22 heavy (non-hydrogen) atoms. The molecule has 0 radical (unpaired) electrons. The highest BCUT2D eigenvalue weighted by Gasteiger charge is 2.19. The Morgan fingerprint density at radius 3 is 2.36 bits per heavy atom. The van der Waals surface area contributed by atoms with Crippen molar-refractivity contribution in [3.63, 3.8) is 0 Å². The molecule has 1 saturated carbocycles. The van der Waals surface area contributed by atoms with Gasteiger partial charge in [-0.2, -0.15) is 0 Å². The van der Waals surface area contributed by atoms with E-state index in [0.29, 0.717) is 5.92 Å². The van der Waals surface area contributed by atoms with E-state index in [1.165, 1.54) is 43.2 Å². The maximum absolute atomic E-state index is 4.84. The van der Waals surface area contributed by atoms with Gasteiger partial charge in [0.05, 0.1) is 22.9 Å². The van der Waals surface area contributed by atoms with Crippen LogP contribution in [0.5, 0.6) is 0 Å². The summed E-state index contributed by atoms with van der Waals surface area (Å²) in [4.78, 5) is 9.42. The van der Waals surface area contributed by atoms with Crippen LogP contribution in [-0.2, 0) is 0 Å². The zero-order valence-electron chi connectivity index (χ0n) is 12.7. The maximum atomic E-state index is 4.84. The quantitative estimate of drug-likeness (QED) is 0.635. The molecule has 0 unspecified atom stereocenters. The monoisotopic (exact) mass is 288 g/mol. The smallest absolute Gasteiger partial charge is 0.0895 e. The molecule has 0 atom stereocenters. The molecule has 0 N–H and O–H groups in total. The second-order valence-corrected chi connectivity index (χ2v) is 6.17. The lowest BCUT2D eigenvalue weighted by Gasteiger charge is -2.24. The van der Waals surface area contributed by atoms with Gasteiger partial charge in [0.25, 0.3) is 0 Å². The molecule has 1 aliphatic rings. The minimum atomic E-state index is 0.679. The zero-order valence-corrected chi connectivity index (χ0v) is 12.7. The van der Waals surface area contributed by atoms with Crippen molar-refractivity contribution in [1.82, 2.24) is 9.97 Å². The summed E-state index contributed by atoms with van der Waals surface area (Å²) in [6.45, 7) is 0. The lowest BCUT2D eigenvalue weighted by atomic mass is 9.81. The van der Waals surface area contributed by atoms with Crippen LogP contribution in [0, 0.1) is 0 Å². The zero-order chi connectivity index (χ0) is 14.8. The summed E-state index contributed by atoms with van der Waals surface area (Å²) in [6.07, 6.45) is 8.61. The van der Waals surface area contributed by atoms with E-state index in [-0.39, 0.29) is 0 Å². The number of benzene rings is 2. The topological polar surface area (TPSA) is 25.8 Å². The van der Waals surface area contributed by atoms with Gasteiger partial charge in [0, 0.05) is 5.56 Å². The first-order valence-corrected chi connectivity index (χ1v) is 8.23. The number of hydrogen-bond acceptors (Lipinski definition) is 2. The summed E-state index contributed by atoms with van der Waals surface area (Å²) in [5.74, 6) is 0.679.